The van der Waals surface area contributed by atoms with E-state index in [9.17, 15) is 8.78 Å². The molecule has 0 unspecified atom stereocenters. The Kier molecular flexibility index (Phi) is 9.76. The molecule has 1 aromatic carbocycles. The van der Waals surface area contributed by atoms with Gasteiger partial charge in [-0.05, 0) is 32.1 Å². The summed E-state index contributed by atoms with van der Waals surface area (Å²) in [5.74, 6) is 0.818. The molecule has 0 aliphatic rings. The number of ether oxygens (including phenoxy) is 1. The normalized spacial score (nSPS) is 11.9. The standard InChI is InChI=1S/C17H28F2N4O/c1-4-23(5-2)12-8-11-21-17(20-3)22-13-14-9-6-7-10-15(14)24-16(18)19/h6-7,9-10,16H,4-5,8,11-13H2,1-3H3,(H2,20,21,22). The first kappa shape index (κ1) is 20.2. The number of rotatable bonds is 10. The first-order valence-electron chi connectivity index (χ1n) is 8.30. The van der Waals surface area contributed by atoms with E-state index in [0.29, 0.717) is 18.1 Å². The summed E-state index contributed by atoms with van der Waals surface area (Å²) in [5, 5.41) is 6.34. The lowest BCUT2D eigenvalue weighted by Crippen LogP contribution is -2.38. The van der Waals surface area contributed by atoms with E-state index in [1.165, 1.54) is 6.07 Å². The van der Waals surface area contributed by atoms with Gasteiger partial charge in [0.05, 0.1) is 0 Å². The molecule has 0 atom stereocenters. The molecule has 0 aromatic heterocycles. The Hall–Kier alpha value is -1.89. The summed E-state index contributed by atoms with van der Waals surface area (Å²) < 4.78 is 29.3. The van der Waals surface area contributed by atoms with Crippen molar-refractivity contribution in [1.29, 1.82) is 0 Å². The third-order valence-corrected chi connectivity index (χ3v) is 3.70. The third kappa shape index (κ3) is 7.59. The molecule has 1 rings (SSSR count). The largest absolute Gasteiger partial charge is 0.434 e. The number of benzene rings is 1. The zero-order chi connectivity index (χ0) is 17.8. The topological polar surface area (TPSA) is 48.9 Å². The fourth-order valence-electron chi connectivity index (χ4n) is 2.31. The van der Waals surface area contributed by atoms with Crippen molar-refractivity contribution in [2.24, 2.45) is 4.99 Å². The van der Waals surface area contributed by atoms with Gasteiger partial charge in [0, 0.05) is 25.7 Å². The minimum atomic E-state index is -2.83. The minimum Gasteiger partial charge on any atom is -0.434 e. The van der Waals surface area contributed by atoms with Crippen molar-refractivity contribution in [1.82, 2.24) is 15.5 Å². The maximum absolute atomic E-state index is 12.4. The summed E-state index contributed by atoms with van der Waals surface area (Å²) in [6.45, 7) is 5.75. The summed E-state index contributed by atoms with van der Waals surface area (Å²) in [5.41, 5.74) is 0.656. The van der Waals surface area contributed by atoms with Crippen LogP contribution in [0, 0.1) is 0 Å². The van der Waals surface area contributed by atoms with Crippen molar-refractivity contribution in [3.05, 3.63) is 29.8 Å². The molecule has 2 N–H and O–H groups in total. The SMILES string of the molecule is CCN(CC)CCCNC(=NC)NCc1ccccc1OC(F)F. The fraction of sp³-hybridized carbons (Fsp3) is 0.588. The molecule has 0 saturated carbocycles. The van der Waals surface area contributed by atoms with E-state index in [1.807, 2.05) is 0 Å². The first-order chi connectivity index (χ1) is 11.6. The van der Waals surface area contributed by atoms with Crippen LogP contribution in [0.25, 0.3) is 0 Å². The average molecular weight is 342 g/mol. The molecule has 0 spiro atoms. The van der Waals surface area contributed by atoms with Gasteiger partial charge in [0.15, 0.2) is 5.96 Å². The minimum absolute atomic E-state index is 0.178. The second kappa shape index (κ2) is 11.6. The average Bonchev–Trinajstić information content (AvgIpc) is 2.58. The van der Waals surface area contributed by atoms with Crippen molar-refractivity contribution in [3.63, 3.8) is 0 Å². The first-order valence-corrected chi connectivity index (χ1v) is 8.30. The molecule has 0 bridgehead atoms. The molecule has 24 heavy (non-hydrogen) atoms. The molecule has 0 amide bonds. The highest BCUT2D eigenvalue weighted by atomic mass is 19.3. The molecule has 1 aromatic rings. The van der Waals surface area contributed by atoms with E-state index in [0.717, 1.165) is 32.6 Å². The summed E-state index contributed by atoms with van der Waals surface area (Å²) in [6.07, 6.45) is 1.01. The van der Waals surface area contributed by atoms with Gasteiger partial charge in [-0.15, -0.1) is 0 Å². The molecule has 0 aliphatic heterocycles. The predicted octanol–water partition coefficient (Wildman–Crippen LogP) is 2.68. The van der Waals surface area contributed by atoms with Gasteiger partial charge in [0.1, 0.15) is 5.75 Å². The highest BCUT2D eigenvalue weighted by Gasteiger charge is 2.09. The van der Waals surface area contributed by atoms with Crippen LogP contribution in [0.5, 0.6) is 5.75 Å². The molecule has 5 nitrogen and oxygen atoms in total. The zero-order valence-corrected chi connectivity index (χ0v) is 14.7. The van der Waals surface area contributed by atoms with Gasteiger partial charge in [-0.3, -0.25) is 4.99 Å². The van der Waals surface area contributed by atoms with Crippen LogP contribution >= 0.6 is 0 Å². The number of alkyl halides is 2. The number of hydrogen-bond acceptors (Lipinski definition) is 3. The highest BCUT2D eigenvalue weighted by molar-refractivity contribution is 5.79. The lowest BCUT2D eigenvalue weighted by molar-refractivity contribution is -0.0504. The van der Waals surface area contributed by atoms with Crippen molar-refractivity contribution in [3.8, 4) is 5.75 Å². The van der Waals surface area contributed by atoms with Crippen LogP contribution in [-0.2, 0) is 6.54 Å². The summed E-state index contributed by atoms with van der Waals surface area (Å²) in [4.78, 5) is 6.50. The van der Waals surface area contributed by atoms with Gasteiger partial charge in [-0.1, -0.05) is 32.0 Å². The maximum atomic E-state index is 12.4. The Bertz CT molecular complexity index is 493. The Labute approximate surface area is 143 Å². The molecular formula is C17H28F2N4O. The van der Waals surface area contributed by atoms with Crippen molar-refractivity contribution >= 4 is 5.96 Å². The van der Waals surface area contributed by atoms with Crippen LogP contribution < -0.4 is 15.4 Å². The van der Waals surface area contributed by atoms with Gasteiger partial charge < -0.3 is 20.3 Å². The third-order valence-electron chi connectivity index (χ3n) is 3.70. The van der Waals surface area contributed by atoms with E-state index in [1.54, 1.807) is 25.2 Å². The molecule has 0 heterocycles. The van der Waals surface area contributed by atoms with E-state index >= 15 is 0 Å². The molecule has 0 fully saturated rings. The number of aliphatic imine (C=N–C) groups is 1. The van der Waals surface area contributed by atoms with Crippen LogP contribution in [0.2, 0.25) is 0 Å². The number of nitrogens with zero attached hydrogens (tertiary/aromatic N) is 2. The number of guanidine groups is 1. The van der Waals surface area contributed by atoms with Crippen LogP contribution in [0.15, 0.2) is 29.3 Å². The smallest absolute Gasteiger partial charge is 0.387 e. The predicted molar refractivity (Wildman–Crippen MR) is 93.7 cm³/mol. The van der Waals surface area contributed by atoms with Gasteiger partial charge >= 0.3 is 6.61 Å². The highest BCUT2D eigenvalue weighted by Crippen LogP contribution is 2.19. The van der Waals surface area contributed by atoms with Crippen molar-refractivity contribution < 1.29 is 13.5 Å². The number of hydrogen-bond donors (Lipinski definition) is 2. The second-order valence-corrected chi connectivity index (χ2v) is 5.22. The van der Waals surface area contributed by atoms with E-state index in [2.05, 4.69) is 39.1 Å². The Morgan fingerprint density at radius 2 is 1.92 bits per heavy atom. The van der Waals surface area contributed by atoms with Crippen LogP contribution in [-0.4, -0.2) is 50.7 Å². The summed E-state index contributed by atoms with van der Waals surface area (Å²) in [7, 11) is 1.68. The van der Waals surface area contributed by atoms with E-state index < -0.39 is 6.61 Å². The Morgan fingerprint density at radius 3 is 2.54 bits per heavy atom. The van der Waals surface area contributed by atoms with Gasteiger partial charge in [0.2, 0.25) is 0 Å². The van der Waals surface area contributed by atoms with Crippen LogP contribution in [0.1, 0.15) is 25.8 Å². The quantitative estimate of drug-likeness (QED) is 0.390. The lowest BCUT2D eigenvalue weighted by atomic mass is 10.2. The van der Waals surface area contributed by atoms with Gasteiger partial charge in [-0.25, -0.2) is 0 Å². The van der Waals surface area contributed by atoms with Crippen LogP contribution in [0.4, 0.5) is 8.78 Å². The monoisotopic (exact) mass is 342 g/mol. The van der Waals surface area contributed by atoms with Gasteiger partial charge in [0.25, 0.3) is 0 Å². The Balaban J connectivity index is 2.42. The summed E-state index contributed by atoms with van der Waals surface area (Å²) >= 11 is 0. The number of halogens is 2. The molecule has 7 heteroatoms. The molecule has 0 saturated heterocycles. The molecule has 0 radical (unpaired) electrons. The van der Waals surface area contributed by atoms with Gasteiger partial charge in [-0.2, -0.15) is 8.78 Å². The summed E-state index contributed by atoms with van der Waals surface area (Å²) in [6, 6.07) is 6.74. The number of nitrogens with one attached hydrogen (secondary N) is 2. The fourth-order valence-corrected chi connectivity index (χ4v) is 2.31. The second-order valence-electron chi connectivity index (χ2n) is 5.22. The van der Waals surface area contributed by atoms with E-state index in [4.69, 9.17) is 0 Å². The Morgan fingerprint density at radius 1 is 1.21 bits per heavy atom. The van der Waals surface area contributed by atoms with E-state index in [-0.39, 0.29) is 5.75 Å². The lowest BCUT2D eigenvalue weighted by Gasteiger charge is -2.18. The molecular weight excluding hydrogens is 314 g/mol. The molecule has 0 aliphatic carbocycles. The van der Waals surface area contributed by atoms with Crippen molar-refractivity contribution in [2.45, 2.75) is 33.4 Å². The number of para-hydroxylation sites is 1. The van der Waals surface area contributed by atoms with Crippen molar-refractivity contribution in [2.75, 3.05) is 33.2 Å². The zero-order valence-electron chi connectivity index (χ0n) is 14.7. The van der Waals surface area contributed by atoms with Crippen LogP contribution in [0.3, 0.4) is 0 Å². The maximum Gasteiger partial charge on any atom is 0.387 e. The molecule has 136 valence electrons.